The van der Waals surface area contributed by atoms with E-state index in [1.807, 2.05) is 31.2 Å². The lowest BCUT2D eigenvalue weighted by molar-refractivity contribution is -0.118. The number of benzene rings is 3. The van der Waals surface area contributed by atoms with Gasteiger partial charge in [0.15, 0.2) is 6.61 Å². The van der Waals surface area contributed by atoms with E-state index in [-0.39, 0.29) is 12.5 Å². The first kappa shape index (κ1) is 19.6. The lowest BCUT2D eigenvalue weighted by atomic mass is 10.3. The number of nitrogens with one attached hydrogen (secondary N) is 1. The van der Waals surface area contributed by atoms with Crippen molar-refractivity contribution in [3.63, 3.8) is 0 Å². The quantitative estimate of drug-likeness (QED) is 0.541. The fourth-order valence-corrected chi connectivity index (χ4v) is 2.61. The minimum absolute atomic E-state index is 0.131. The fourth-order valence-electron chi connectivity index (χ4n) is 2.42. The molecule has 3 aromatic rings. The van der Waals surface area contributed by atoms with Crippen LogP contribution >= 0.6 is 11.6 Å². The van der Waals surface area contributed by atoms with E-state index in [0.29, 0.717) is 34.6 Å². The molecule has 3 rings (SSSR count). The predicted octanol–water partition coefficient (Wildman–Crippen LogP) is 5.55. The highest BCUT2D eigenvalue weighted by Crippen LogP contribution is 2.25. The van der Waals surface area contributed by atoms with Crippen molar-refractivity contribution in [3.8, 4) is 23.0 Å². The van der Waals surface area contributed by atoms with Crippen LogP contribution in [0.2, 0.25) is 5.02 Å². The van der Waals surface area contributed by atoms with E-state index in [2.05, 4.69) is 5.32 Å². The molecule has 0 aliphatic heterocycles. The number of para-hydroxylation sites is 1. The van der Waals surface area contributed by atoms with E-state index in [1.165, 1.54) is 0 Å². The van der Waals surface area contributed by atoms with Gasteiger partial charge in [0.2, 0.25) is 0 Å². The first-order valence-electron chi connectivity index (χ1n) is 8.82. The van der Waals surface area contributed by atoms with Crippen LogP contribution in [0.15, 0.2) is 72.8 Å². The molecule has 6 heteroatoms. The minimum atomic E-state index is -0.278. The molecule has 144 valence electrons. The van der Waals surface area contributed by atoms with Crippen molar-refractivity contribution in [2.24, 2.45) is 0 Å². The molecule has 1 N–H and O–H groups in total. The van der Waals surface area contributed by atoms with Gasteiger partial charge in [0, 0.05) is 5.69 Å². The topological polar surface area (TPSA) is 56.8 Å². The van der Waals surface area contributed by atoms with Crippen LogP contribution in [-0.4, -0.2) is 19.1 Å². The van der Waals surface area contributed by atoms with Crippen molar-refractivity contribution in [2.75, 3.05) is 18.5 Å². The lowest BCUT2D eigenvalue weighted by Crippen LogP contribution is -2.20. The van der Waals surface area contributed by atoms with Crippen LogP contribution in [0.25, 0.3) is 0 Å². The Balaban J connectivity index is 1.51. The van der Waals surface area contributed by atoms with Gasteiger partial charge in [-0.3, -0.25) is 4.79 Å². The summed E-state index contributed by atoms with van der Waals surface area (Å²) in [6.45, 7) is 2.43. The molecule has 0 heterocycles. The molecule has 0 unspecified atom stereocenters. The SMILES string of the molecule is CCOc1ccc(Oc2ccc(NC(=O)COc3ccccc3Cl)cc2)cc1. The van der Waals surface area contributed by atoms with Crippen molar-refractivity contribution in [1.29, 1.82) is 0 Å². The Morgan fingerprint density at radius 2 is 1.46 bits per heavy atom. The van der Waals surface area contributed by atoms with Gasteiger partial charge in [-0.05, 0) is 67.6 Å². The number of hydrogen-bond acceptors (Lipinski definition) is 4. The molecule has 0 radical (unpaired) electrons. The van der Waals surface area contributed by atoms with Gasteiger partial charge in [-0.1, -0.05) is 23.7 Å². The van der Waals surface area contributed by atoms with Crippen molar-refractivity contribution in [2.45, 2.75) is 6.92 Å². The summed E-state index contributed by atoms with van der Waals surface area (Å²) in [4.78, 5) is 12.0. The number of rotatable bonds is 8. The maximum absolute atomic E-state index is 12.0. The second kappa shape index (κ2) is 9.67. The molecule has 0 aromatic heterocycles. The highest BCUT2D eigenvalue weighted by atomic mass is 35.5. The first-order chi connectivity index (χ1) is 13.6. The molecule has 28 heavy (non-hydrogen) atoms. The summed E-state index contributed by atoms with van der Waals surface area (Å²) < 4.78 is 16.6. The lowest BCUT2D eigenvalue weighted by Gasteiger charge is -2.10. The average Bonchev–Trinajstić information content (AvgIpc) is 2.71. The molecule has 0 atom stereocenters. The smallest absolute Gasteiger partial charge is 0.262 e. The molecular formula is C22H20ClNO4. The normalized spacial score (nSPS) is 10.2. The zero-order valence-corrected chi connectivity index (χ0v) is 16.1. The predicted molar refractivity (Wildman–Crippen MR) is 110 cm³/mol. The van der Waals surface area contributed by atoms with Gasteiger partial charge in [0.05, 0.1) is 11.6 Å². The summed E-state index contributed by atoms with van der Waals surface area (Å²) in [7, 11) is 0. The summed E-state index contributed by atoms with van der Waals surface area (Å²) in [6, 6.07) is 21.5. The third-order valence-corrected chi connectivity index (χ3v) is 4.02. The van der Waals surface area contributed by atoms with Gasteiger partial charge >= 0.3 is 0 Å². The van der Waals surface area contributed by atoms with Crippen LogP contribution in [0.3, 0.4) is 0 Å². The standard InChI is InChI=1S/C22H20ClNO4/c1-2-26-17-11-13-19(14-12-17)28-18-9-7-16(8-10-18)24-22(25)15-27-21-6-4-3-5-20(21)23/h3-14H,2,15H2,1H3,(H,24,25). The number of anilines is 1. The van der Waals surface area contributed by atoms with E-state index in [9.17, 15) is 4.79 Å². The second-order valence-electron chi connectivity index (χ2n) is 5.80. The second-order valence-corrected chi connectivity index (χ2v) is 6.21. The minimum Gasteiger partial charge on any atom is -0.494 e. The Bertz CT molecular complexity index is 911. The van der Waals surface area contributed by atoms with Gasteiger partial charge < -0.3 is 19.5 Å². The summed E-state index contributed by atoms with van der Waals surface area (Å²) in [5.74, 6) is 2.35. The molecular weight excluding hydrogens is 378 g/mol. The Hall–Kier alpha value is -3.18. The number of carbonyl (C=O) groups excluding carboxylic acids is 1. The van der Waals surface area contributed by atoms with E-state index in [0.717, 1.165) is 5.75 Å². The van der Waals surface area contributed by atoms with E-state index in [1.54, 1.807) is 48.5 Å². The van der Waals surface area contributed by atoms with Crippen molar-refractivity contribution < 1.29 is 19.0 Å². The van der Waals surface area contributed by atoms with E-state index < -0.39 is 0 Å². The third kappa shape index (κ3) is 5.66. The van der Waals surface area contributed by atoms with Gasteiger partial charge in [0.25, 0.3) is 5.91 Å². The Kier molecular flexibility index (Phi) is 6.76. The van der Waals surface area contributed by atoms with Gasteiger partial charge in [0.1, 0.15) is 23.0 Å². The Morgan fingerprint density at radius 1 is 0.857 bits per heavy atom. The summed E-state index contributed by atoms with van der Waals surface area (Å²) in [6.07, 6.45) is 0. The molecule has 1 amide bonds. The number of ether oxygens (including phenoxy) is 3. The largest absolute Gasteiger partial charge is 0.494 e. The Labute approximate surface area is 168 Å². The number of carbonyl (C=O) groups is 1. The molecule has 0 aliphatic carbocycles. The number of halogens is 1. The van der Waals surface area contributed by atoms with Gasteiger partial charge in [-0.25, -0.2) is 0 Å². The Morgan fingerprint density at radius 3 is 2.11 bits per heavy atom. The highest BCUT2D eigenvalue weighted by molar-refractivity contribution is 6.32. The van der Waals surface area contributed by atoms with E-state index in [4.69, 9.17) is 25.8 Å². The van der Waals surface area contributed by atoms with Crippen LogP contribution < -0.4 is 19.5 Å². The van der Waals surface area contributed by atoms with Crippen molar-refractivity contribution in [1.82, 2.24) is 0 Å². The molecule has 0 spiro atoms. The number of hydrogen-bond donors (Lipinski definition) is 1. The van der Waals surface area contributed by atoms with Crippen LogP contribution in [-0.2, 0) is 4.79 Å². The van der Waals surface area contributed by atoms with Crippen LogP contribution in [0.1, 0.15) is 6.92 Å². The molecule has 0 aliphatic rings. The maximum atomic E-state index is 12.0. The van der Waals surface area contributed by atoms with Crippen LogP contribution in [0.5, 0.6) is 23.0 Å². The van der Waals surface area contributed by atoms with Crippen LogP contribution in [0, 0.1) is 0 Å². The monoisotopic (exact) mass is 397 g/mol. The van der Waals surface area contributed by atoms with Gasteiger partial charge in [-0.15, -0.1) is 0 Å². The molecule has 3 aromatic carbocycles. The zero-order chi connectivity index (χ0) is 19.8. The third-order valence-electron chi connectivity index (χ3n) is 3.70. The van der Waals surface area contributed by atoms with Crippen molar-refractivity contribution >= 4 is 23.2 Å². The molecule has 5 nitrogen and oxygen atoms in total. The summed E-state index contributed by atoms with van der Waals surface area (Å²) in [5, 5.41) is 3.23. The highest BCUT2D eigenvalue weighted by Gasteiger charge is 2.06. The van der Waals surface area contributed by atoms with Crippen LogP contribution in [0.4, 0.5) is 5.69 Å². The van der Waals surface area contributed by atoms with Gasteiger partial charge in [-0.2, -0.15) is 0 Å². The zero-order valence-electron chi connectivity index (χ0n) is 15.4. The fraction of sp³-hybridized carbons (Fsp3) is 0.136. The average molecular weight is 398 g/mol. The molecule has 0 fully saturated rings. The van der Waals surface area contributed by atoms with E-state index >= 15 is 0 Å². The first-order valence-corrected chi connectivity index (χ1v) is 9.20. The molecule has 0 saturated carbocycles. The molecule has 0 saturated heterocycles. The molecule has 0 bridgehead atoms. The van der Waals surface area contributed by atoms with Crippen molar-refractivity contribution in [3.05, 3.63) is 77.8 Å². The maximum Gasteiger partial charge on any atom is 0.262 e. The number of amides is 1. The summed E-state index contributed by atoms with van der Waals surface area (Å²) in [5.41, 5.74) is 0.645. The summed E-state index contributed by atoms with van der Waals surface area (Å²) >= 11 is 6.00.